The molecule has 0 amide bonds. The summed E-state index contributed by atoms with van der Waals surface area (Å²) >= 11 is 5.18. The third kappa shape index (κ3) is 4.44. The van der Waals surface area contributed by atoms with Gasteiger partial charge in [0.05, 0.1) is 9.40 Å². The minimum atomic E-state index is -0.349. The number of rotatable bonds is 6. The van der Waals surface area contributed by atoms with Crippen LogP contribution in [0.25, 0.3) is 0 Å². The first-order valence-electron chi connectivity index (χ1n) is 7.25. The van der Waals surface area contributed by atoms with Gasteiger partial charge in [0.1, 0.15) is 0 Å². The van der Waals surface area contributed by atoms with E-state index in [9.17, 15) is 10.1 Å². The third-order valence-corrected chi connectivity index (χ3v) is 6.27. The van der Waals surface area contributed by atoms with E-state index < -0.39 is 0 Å². The summed E-state index contributed by atoms with van der Waals surface area (Å²) in [6, 6.07) is 5.32. The molecule has 0 aliphatic heterocycles. The first-order chi connectivity index (χ1) is 10.1. The van der Waals surface area contributed by atoms with Gasteiger partial charge in [-0.3, -0.25) is 10.1 Å². The summed E-state index contributed by atoms with van der Waals surface area (Å²) in [5.41, 5.74) is 1.09. The predicted molar refractivity (Wildman–Crippen MR) is 91.8 cm³/mol. The highest BCUT2D eigenvalue weighted by molar-refractivity contribution is 9.10. The molecule has 0 bridgehead atoms. The molecule has 0 spiro atoms. The van der Waals surface area contributed by atoms with Crippen LogP contribution in [0.15, 0.2) is 22.7 Å². The molecule has 2 rings (SSSR count). The quantitative estimate of drug-likeness (QED) is 0.589. The number of nitro benzene ring substituents is 1. The number of halogens is 1. The average Bonchev–Trinajstić information content (AvgIpc) is 2.49. The molecule has 0 atom stereocenters. The van der Waals surface area contributed by atoms with Crippen LogP contribution in [0.2, 0.25) is 0 Å². The lowest BCUT2D eigenvalue weighted by atomic mass is 9.88. The van der Waals surface area contributed by atoms with E-state index in [0.717, 1.165) is 12.1 Å². The maximum atomic E-state index is 10.9. The fourth-order valence-corrected chi connectivity index (χ4v) is 4.23. The van der Waals surface area contributed by atoms with Crippen molar-refractivity contribution in [3.05, 3.63) is 38.3 Å². The second-order valence-corrected chi connectivity index (χ2v) is 7.72. The molecule has 1 saturated carbocycles. The zero-order chi connectivity index (χ0) is 15.3. The largest absolute Gasteiger partial charge is 0.311 e. The summed E-state index contributed by atoms with van der Waals surface area (Å²) in [5.74, 6) is 0. The van der Waals surface area contributed by atoms with Crippen LogP contribution < -0.4 is 5.32 Å². The van der Waals surface area contributed by atoms with Gasteiger partial charge in [0.25, 0.3) is 5.69 Å². The second kappa shape index (κ2) is 7.61. The van der Waals surface area contributed by atoms with Crippen LogP contribution in [0.1, 0.15) is 37.7 Å². The van der Waals surface area contributed by atoms with Crippen molar-refractivity contribution in [3.63, 3.8) is 0 Å². The summed E-state index contributed by atoms with van der Waals surface area (Å²) in [6.07, 6.45) is 8.69. The van der Waals surface area contributed by atoms with Gasteiger partial charge in [0.15, 0.2) is 0 Å². The number of nitro groups is 1. The molecule has 1 N–H and O–H groups in total. The third-order valence-electron chi connectivity index (χ3n) is 4.18. The van der Waals surface area contributed by atoms with Crippen molar-refractivity contribution < 1.29 is 4.92 Å². The van der Waals surface area contributed by atoms with Crippen LogP contribution in [0.5, 0.6) is 0 Å². The van der Waals surface area contributed by atoms with Gasteiger partial charge in [-0.1, -0.05) is 25.3 Å². The summed E-state index contributed by atoms with van der Waals surface area (Å²) in [6.45, 7) is 1.65. The van der Waals surface area contributed by atoms with Crippen LogP contribution in [-0.2, 0) is 6.54 Å². The summed E-state index contributed by atoms with van der Waals surface area (Å²) in [4.78, 5) is 10.6. The van der Waals surface area contributed by atoms with Crippen LogP contribution in [-0.4, -0.2) is 22.5 Å². The SMILES string of the molecule is CSC1(CNCc2ccc(Br)c([N+](=O)[O-])c2)CCCCC1. The maximum absolute atomic E-state index is 10.9. The molecule has 1 aromatic rings. The van der Waals surface area contributed by atoms with E-state index in [4.69, 9.17) is 0 Å². The molecule has 4 nitrogen and oxygen atoms in total. The van der Waals surface area contributed by atoms with E-state index in [-0.39, 0.29) is 10.6 Å². The number of nitrogens with zero attached hydrogens (tertiary/aromatic N) is 1. The smallest absolute Gasteiger partial charge is 0.283 e. The molecule has 116 valence electrons. The first kappa shape index (κ1) is 16.8. The van der Waals surface area contributed by atoms with Crippen molar-refractivity contribution in [2.45, 2.75) is 43.4 Å². The van der Waals surface area contributed by atoms with E-state index in [1.165, 1.54) is 32.1 Å². The number of thioether (sulfide) groups is 1. The minimum Gasteiger partial charge on any atom is -0.311 e. The Morgan fingerprint density at radius 3 is 2.71 bits per heavy atom. The van der Waals surface area contributed by atoms with Gasteiger partial charge >= 0.3 is 0 Å². The number of hydrogen-bond donors (Lipinski definition) is 1. The van der Waals surface area contributed by atoms with Gasteiger partial charge < -0.3 is 5.32 Å². The minimum absolute atomic E-state index is 0.131. The van der Waals surface area contributed by atoms with E-state index in [0.29, 0.717) is 15.8 Å². The summed E-state index contributed by atoms with van der Waals surface area (Å²) in [5, 5.41) is 14.4. The highest BCUT2D eigenvalue weighted by atomic mass is 79.9. The van der Waals surface area contributed by atoms with Gasteiger partial charge in [-0.05, 0) is 46.7 Å². The molecule has 0 radical (unpaired) electrons. The lowest BCUT2D eigenvalue weighted by Crippen LogP contribution is -2.39. The van der Waals surface area contributed by atoms with Gasteiger partial charge in [-0.15, -0.1) is 0 Å². The highest BCUT2D eigenvalue weighted by Crippen LogP contribution is 2.38. The average molecular weight is 373 g/mol. The van der Waals surface area contributed by atoms with Crippen LogP contribution in [0.4, 0.5) is 5.69 Å². The molecule has 0 unspecified atom stereocenters. The molecule has 0 aromatic heterocycles. The Kier molecular flexibility index (Phi) is 6.08. The first-order valence-corrected chi connectivity index (χ1v) is 9.27. The Labute approximate surface area is 138 Å². The molecular weight excluding hydrogens is 352 g/mol. The monoisotopic (exact) mass is 372 g/mol. The Hall–Kier alpha value is -0.590. The Balaban J connectivity index is 1.93. The summed E-state index contributed by atoms with van der Waals surface area (Å²) in [7, 11) is 0. The number of hydrogen-bond acceptors (Lipinski definition) is 4. The summed E-state index contributed by atoms with van der Waals surface area (Å²) < 4.78 is 0.878. The topological polar surface area (TPSA) is 55.2 Å². The zero-order valence-corrected chi connectivity index (χ0v) is 14.6. The maximum Gasteiger partial charge on any atom is 0.283 e. The fourth-order valence-electron chi connectivity index (χ4n) is 2.89. The van der Waals surface area contributed by atoms with E-state index >= 15 is 0 Å². The lowest BCUT2D eigenvalue weighted by Gasteiger charge is -2.36. The fraction of sp³-hybridized carbons (Fsp3) is 0.600. The van der Waals surface area contributed by atoms with Gasteiger partial charge in [-0.2, -0.15) is 11.8 Å². The molecule has 6 heteroatoms. The molecular formula is C15H21BrN2O2S. The Morgan fingerprint density at radius 1 is 1.38 bits per heavy atom. The number of nitrogens with one attached hydrogen (secondary N) is 1. The lowest BCUT2D eigenvalue weighted by molar-refractivity contribution is -0.385. The van der Waals surface area contributed by atoms with E-state index in [1.807, 2.05) is 17.8 Å². The predicted octanol–water partition coefficient (Wildman–Crippen LogP) is 4.51. The molecule has 0 heterocycles. The molecule has 1 aliphatic rings. The van der Waals surface area contributed by atoms with Crippen molar-refractivity contribution in [1.82, 2.24) is 5.32 Å². The molecule has 0 saturated heterocycles. The molecule has 1 aliphatic carbocycles. The van der Waals surface area contributed by atoms with Crippen molar-refractivity contribution >= 4 is 33.4 Å². The Bertz CT molecular complexity index is 504. The van der Waals surface area contributed by atoms with Gasteiger partial charge in [-0.25, -0.2) is 0 Å². The van der Waals surface area contributed by atoms with Crippen LogP contribution >= 0.6 is 27.7 Å². The standard InChI is InChI=1S/C15H21BrN2O2S/c1-21-15(7-3-2-4-8-15)11-17-10-12-5-6-13(16)14(9-12)18(19)20/h5-6,9,17H,2-4,7-8,10-11H2,1H3. The van der Waals surface area contributed by atoms with E-state index in [1.54, 1.807) is 12.1 Å². The van der Waals surface area contributed by atoms with Gasteiger partial charge in [0, 0.05) is 23.9 Å². The van der Waals surface area contributed by atoms with Crippen molar-refractivity contribution in [2.75, 3.05) is 12.8 Å². The highest BCUT2D eigenvalue weighted by Gasteiger charge is 2.30. The molecule has 21 heavy (non-hydrogen) atoms. The van der Waals surface area contributed by atoms with Crippen molar-refractivity contribution in [1.29, 1.82) is 0 Å². The Morgan fingerprint density at radius 2 is 2.10 bits per heavy atom. The second-order valence-electron chi connectivity index (χ2n) is 5.59. The van der Waals surface area contributed by atoms with E-state index in [2.05, 4.69) is 27.5 Å². The zero-order valence-electron chi connectivity index (χ0n) is 12.2. The van der Waals surface area contributed by atoms with Crippen molar-refractivity contribution in [2.24, 2.45) is 0 Å². The number of benzene rings is 1. The molecule has 1 aromatic carbocycles. The molecule has 1 fully saturated rings. The van der Waals surface area contributed by atoms with Crippen LogP contribution in [0, 0.1) is 10.1 Å². The normalized spacial score (nSPS) is 17.6. The van der Waals surface area contributed by atoms with Crippen LogP contribution in [0.3, 0.4) is 0 Å². The van der Waals surface area contributed by atoms with Crippen molar-refractivity contribution in [3.8, 4) is 0 Å². The van der Waals surface area contributed by atoms with Gasteiger partial charge in [0.2, 0.25) is 0 Å².